The Balaban J connectivity index is 1.80. The lowest BCUT2D eigenvalue weighted by Gasteiger charge is -2.38. The van der Waals surface area contributed by atoms with Crippen LogP contribution in [0.4, 0.5) is 0 Å². The van der Waals surface area contributed by atoms with Crippen molar-refractivity contribution in [2.75, 3.05) is 13.7 Å². The number of fused-ring (bicyclic) bond motifs is 1. The summed E-state index contributed by atoms with van der Waals surface area (Å²) in [6.07, 6.45) is 6.83. The van der Waals surface area contributed by atoms with Crippen LogP contribution in [-0.2, 0) is 11.2 Å². The molecule has 0 saturated heterocycles. The summed E-state index contributed by atoms with van der Waals surface area (Å²) in [5, 5.41) is 3.62. The van der Waals surface area contributed by atoms with Crippen LogP contribution in [0.1, 0.15) is 49.8 Å². The number of ether oxygens (including phenoxy) is 2. The van der Waals surface area contributed by atoms with Crippen molar-refractivity contribution in [1.29, 1.82) is 0 Å². The lowest BCUT2D eigenvalue weighted by Crippen LogP contribution is -2.41. The topological polar surface area (TPSA) is 30.5 Å². The Labute approximate surface area is 121 Å². The van der Waals surface area contributed by atoms with E-state index in [1.165, 1.54) is 30.4 Å². The molecule has 110 valence electrons. The predicted octanol–water partition coefficient (Wildman–Crippen LogP) is 3.23. The quantitative estimate of drug-likeness (QED) is 0.895. The zero-order valence-electron chi connectivity index (χ0n) is 12.5. The van der Waals surface area contributed by atoms with Crippen molar-refractivity contribution in [2.24, 2.45) is 0 Å². The van der Waals surface area contributed by atoms with Crippen LogP contribution in [0, 0.1) is 0 Å². The first-order valence-corrected chi connectivity index (χ1v) is 7.87. The van der Waals surface area contributed by atoms with Gasteiger partial charge in [0.25, 0.3) is 0 Å². The van der Waals surface area contributed by atoms with Gasteiger partial charge in [0.2, 0.25) is 0 Å². The van der Waals surface area contributed by atoms with Crippen LogP contribution in [-0.4, -0.2) is 25.9 Å². The third-order valence-corrected chi connectivity index (χ3v) is 4.60. The maximum Gasteiger partial charge on any atom is 0.119 e. The van der Waals surface area contributed by atoms with E-state index < -0.39 is 0 Å². The first-order valence-electron chi connectivity index (χ1n) is 7.87. The second-order valence-corrected chi connectivity index (χ2v) is 5.87. The highest BCUT2D eigenvalue weighted by Crippen LogP contribution is 2.36. The van der Waals surface area contributed by atoms with E-state index in [4.69, 9.17) is 9.47 Å². The predicted molar refractivity (Wildman–Crippen MR) is 80.2 cm³/mol. The van der Waals surface area contributed by atoms with E-state index in [9.17, 15) is 0 Å². The van der Waals surface area contributed by atoms with Crippen molar-refractivity contribution in [3.8, 4) is 5.75 Å². The second-order valence-electron chi connectivity index (χ2n) is 5.87. The third-order valence-electron chi connectivity index (χ3n) is 4.60. The highest BCUT2D eigenvalue weighted by molar-refractivity contribution is 5.40. The molecule has 1 fully saturated rings. The van der Waals surface area contributed by atoms with E-state index in [1.807, 2.05) is 0 Å². The van der Waals surface area contributed by atoms with Gasteiger partial charge in [0.05, 0.1) is 25.4 Å². The average molecular weight is 275 g/mol. The first-order chi connectivity index (χ1) is 9.81. The molecule has 2 aliphatic rings. The molecule has 0 spiro atoms. The molecular formula is C17H25NO2. The van der Waals surface area contributed by atoms with Gasteiger partial charge >= 0.3 is 0 Å². The van der Waals surface area contributed by atoms with Gasteiger partial charge in [-0.2, -0.15) is 0 Å². The summed E-state index contributed by atoms with van der Waals surface area (Å²) in [6.45, 7) is 3.14. The van der Waals surface area contributed by atoms with E-state index in [1.54, 1.807) is 7.11 Å². The van der Waals surface area contributed by atoms with Gasteiger partial charge in [-0.1, -0.05) is 13.0 Å². The highest BCUT2D eigenvalue weighted by atomic mass is 16.5. The molecule has 0 radical (unpaired) electrons. The van der Waals surface area contributed by atoms with Gasteiger partial charge in [-0.3, -0.25) is 0 Å². The first kappa shape index (κ1) is 13.9. The molecule has 0 aromatic heterocycles. The highest BCUT2D eigenvalue weighted by Gasteiger charge is 2.33. The third kappa shape index (κ3) is 2.70. The Morgan fingerprint density at radius 3 is 2.75 bits per heavy atom. The van der Waals surface area contributed by atoms with Crippen LogP contribution in [0.25, 0.3) is 0 Å². The molecule has 3 nitrogen and oxygen atoms in total. The molecule has 0 aliphatic heterocycles. The van der Waals surface area contributed by atoms with E-state index in [0.717, 1.165) is 25.1 Å². The average Bonchev–Trinajstić information content (AvgIpc) is 2.44. The standard InChI is InChI=1S/C17H25NO2/c1-3-18-17-15-9-8-14(19-2)11-12(15)7-10-16(17)20-13-5-4-6-13/h8-9,11,13,16-18H,3-7,10H2,1-2H3. The van der Waals surface area contributed by atoms with Crippen LogP contribution >= 0.6 is 0 Å². The number of benzene rings is 1. The minimum atomic E-state index is 0.321. The molecule has 0 bridgehead atoms. The fraction of sp³-hybridized carbons (Fsp3) is 0.647. The van der Waals surface area contributed by atoms with Gasteiger partial charge in [0.1, 0.15) is 5.75 Å². The molecule has 1 aromatic carbocycles. The van der Waals surface area contributed by atoms with Crippen molar-refractivity contribution in [1.82, 2.24) is 5.32 Å². The van der Waals surface area contributed by atoms with Gasteiger partial charge < -0.3 is 14.8 Å². The maximum atomic E-state index is 6.31. The summed E-state index contributed by atoms with van der Waals surface area (Å²) >= 11 is 0. The Morgan fingerprint density at radius 1 is 1.25 bits per heavy atom. The van der Waals surface area contributed by atoms with Crippen molar-refractivity contribution < 1.29 is 9.47 Å². The fourth-order valence-electron chi connectivity index (χ4n) is 3.26. The lowest BCUT2D eigenvalue weighted by atomic mass is 9.84. The SMILES string of the molecule is CCNC1c2ccc(OC)cc2CCC1OC1CCC1. The number of nitrogens with one attached hydrogen (secondary N) is 1. The van der Waals surface area contributed by atoms with Gasteiger partial charge in [-0.25, -0.2) is 0 Å². The number of methoxy groups -OCH3 is 1. The van der Waals surface area contributed by atoms with Crippen LogP contribution in [0.5, 0.6) is 5.75 Å². The van der Waals surface area contributed by atoms with Gasteiger partial charge in [0.15, 0.2) is 0 Å². The molecule has 2 unspecified atom stereocenters. The summed E-state index contributed by atoms with van der Waals surface area (Å²) in [7, 11) is 1.73. The molecular weight excluding hydrogens is 250 g/mol. The zero-order chi connectivity index (χ0) is 13.9. The Bertz CT molecular complexity index is 456. The fourth-order valence-corrected chi connectivity index (χ4v) is 3.26. The molecule has 1 aromatic rings. The Morgan fingerprint density at radius 2 is 2.10 bits per heavy atom. The second kappa shape index (κ2) is 6.15. The molecule has 1 N–H and O–H groups in total. The van der Waals surface area contributed by atoms with Crippen LogP contribution in [0.15, 0.2) is 18.2 Å². The van der Waals surface area contributed by atoms with Crippen molar-refractivity contribution in [2.45, 2.75) is 57.3 Å². The summed E-state index contributed by atoms with van der Waals surface area (Å²) < 4.78 is 11.7. The van der Waals surface area contributed by atoms with Gasteiger partial charge in [-0.15, -0.1) is 0 Å². The summed E-state index contributed by atoms with van der Waals surface area (Å²) in [6, 6.07) is 6.78. The van der Waals surface area contributed by atoms with E-state index in [-0.39, 0.29) is 0 Å². The number of hydrogen-bond acceptors (Lipinski definition) is 3. The number of likely N-dealkylation sites (N-methyl/N-ethyl adjacent to an activating group) is 1. The van der Waals surface area contributed by atoms with Crippen LogP contribution in [0.3, 0.4) is 0 Å². The normalized spacial score (nSPS) is 25.9. The van der Waals surface area contributed by atoms with Crippen LogP contribution in [0.2, 0.25) is 0 Å². The molecule has 0 amide bonds. The summed E-state index contributed by atoms with van der Waals surface area (Å²) in [5.74, 6) is 0.956. The van der Waals surface area contributed by atoms with E-state index in [0.29, 0.717) is 18.2 Å². The maximum absolute atomic E-state index is 6.31. The zero-order valence-corrected chi connectivity index (χ0v) is 12.5. The minimum absolute atomic E-state index is 0.321. The molecule has 2 aliphatic carbocycles. The largest absolute Gasteiger partial charge is 0.497 e. The molecule has 3 heteroatoms. The molecule has 2 atom stereocenters. The monoisotopic (exact) mass is 275 g/mol. The van der Waals surface area contributed by atoms with Crippen molar-refractivity contribution >= 4 is 0 Å². The lowest BCUT2D eigenvalue weighted by molar-refractivity contribution is -0.0725. The summed E-state index contributed by atoms with van der Waals surface area (Å²) in [4.78, 5) is 0. The van der Waals surface area contributed by atoms with Gasteiger partial charge in [0, 0.05) is 0 Å². The number of aryl methyl sites for hydroxylation is 1. The Kier molecular flexibility index (Phi) is 4.27. The van der Waals surface area contributed by atoms with Crippen molar-refractivity contribution in [3.63, 3.8) is 0 Å². The molecule has 3 rings (SSSR count). The molecule has 0 heterocycles. The number of rotatable bonds is 5. The molecule has 1 saturated carbocycles. The minimum Gasteiger partial charge on any atom is -0.497 e. The molecule has 20 heavy (non-hydrogen) atoms. The smallest absolute Gasteiger partial charge is 0.119 e. The van der Waals surface area contributed by atoms with Gasteiger partial charge in [-0.05, 0) is 61.9 Å². The Hall–Kier alpha value is -1.06. The van der Waals surface area contributed by atoms with Crippen molar-refractivity contribution in [3.05, 3.63) is 29.3 Å². The van der Waals surface area contributed by atoms with Crippen LogP contribution < -0.4 is 10.1 Å². The van der Waals surface area contributed by atoms with E-state index in [2.05, 4.69) is 30.4 Å². The summed E-state index contributed by atoms with van der Waals surface area (Å²) in [5.41, 5.74) is 2.80. The van der Waals surface area contributed by atoms with E-state index >= 15 is 0 Å². The number of hydrogen-bond donors (Lipinski definition) is 1.